The lowest BCUT2D eigenvalue weighted by atomic mass is 9.81. The Bertz CT molecular complexity index is 610. The number of hydrogen-bond acceptors (Lipinski definition) is 1. The Labute approximate surface area is 116 Å². The molecule has 102 valence electrons. The minimum atomic E-state index is -0.0456. The third-order valence-electron chi connectivity index (χ3n) is 3.61. The Morgan fingerprint density at radius 1 is 0.789 bits per heavy atom. The molecule has 0 unspecified atom stereocenters. The topological polar surface area (TPSA) is 20.2 Å². The molecule has 0 aliphatic heterocycles. The molecule has 0 radical (unpaired) electrons. The highest BCUT2D eigenvalue weighted by Gasteiger charge is 2.21. The fourth-order valence-corrected chi connectivity index (χ4v) is 2.57. The molecule has 1 heteroatoms. The lowest BCUT2D eigenvalue weighted by Crippen LogP contribution is -2.13. The number of rotatable bonds is 0. The van der Waals surface area contributed by atoms with Gasteiger partial charge in [0.05, 0.1) is 0 Å². The van der Waals surface area contributed by atoms with Crippen LogP contribution in [0.2, 0.25) is 0 Å². The molecule has 2 rings (SSSR count). The molecule has 0 atom stereocenters. The zero-order chi connectivity index (χ0) is 14.4. The van der Waals surface area contributed by atoms with Gasteiger partial charge in [-0.2, -0.15) is 0 Å². The molecule has 0 fully saturated rings. The second-order valence-corrected chi connectivity index (χ2v) is 7.40. The average molecular weight is 256 g/mol. The lowest BCUT2D eigenvalue weighted by molar-refractivity contribution is 0.447. The van der Waals surface area contributed by atoms with E-state index in [4.69, 9.17) is 0 Å². The van der Waals surface area contributed by atoms with Crippen molar-refractivity contribution in [2.75, 3.05) is 0 Å². The van der Waals surface area contributed by atoms with Crippen molar-refractivity contribution in [3.8, 4) is 5.75 Å². The molecule has 0 heterocycles. The minimum absolute atomic E-state index is 0.0456. The highest BCUT2D eigenvalue weighted by atomic mass is 16.3. The first-order chi connectivity index (χ1) is 8.60. The Morgan fingerprint density at radius 3 is 1.89 bits per heavy atom. The van der Waals surface area contributed by atoms with Crippen molar-refractivity contribution in [3.05, 3.63) is 41.5 Å². The van der Waals surface area contributed by atoms with Gasteiger partial charge in [-0.3, -0.25) is 0 Å². The number of aromatic hydroxyl groups is 1. The van der Waals surface area contributed by atoms with Gasteiger partial charge in [0.2, 0.25) is 0 Å². The molecule has 0 aliphatic rings. The Kier molecular flexibility index (Phi) is 3.12. The largest absolute Gasteiger partial charge is 0.508 e. The lowest BCUT2D eigenvalue weighted by Gasteiger charge is -2.24. The van der Waals surface area contributed by atoms with E-state index in [1.165, 1.54) is 10.9 Å². The van der Waals surface area contributed by atoms with Crippen LogP contribution in [0.15, 0.2) is 30.3 Å². The van der Waals surface area contributed by atoms with Crippen LogP contribution in [0.4, 0.5) is 0 Å². The first kappa shape index (κ1) is 13.9. The summed E-state index contributed by atoms with van der Waals surface area (Å²) in [7, 11) is 0. The summed E-state index contributed by atoms with van der Waals surface area (Å²) in [5.74, 6) is 0.400. The van der Waals surface area contributed by atoms with Gasteiger partial charge in [0.25, 0.3) is 0 Å². The summed E-state index contributed by atoms with van der Waals surface area (Å²) in [5, 5.41) is 12.7. The summed E-state index contributed by atoms with van der Waals surface area (Å²) in [6.45, 7) is 13.0. The van der Waals surface area contributed by atoms with E-state index < -0.39 is 0 Å². The molecular weight excluding hydrogens is 232 g/mol. The van der Waals surface area contributed by atoms with E-state index in [0.717, 1.165) is 10.9 Å². The Balaban J connectivity index is 2.79. The summed E-state index contributed by atoms with van der Waals surface area (Å²) in [5.41, 5.74) is 2.32. The Hall–Kier alpha value is -1.50. The third kappa shape index (κ3) is 2.60. The van der Waals surface area contributed by atoms with Crippen LogP contribution in [-0.4, -0.2) is 5.11 Å². The quantitative estimate of drug-likeness (QED) is 0.692. The zero-order valence-electron chi connectivity index (χ0n) is 12.8. The highest BCUT2D eigenvalue weighted by Crippen LogP contribution is 2.37. The van der Waals surface area contributed by atoms with Crippen LogP contribution in [0.3, 0.4) is 0 Å². The molecule has 1 nitrogen and oxygen atoms in total. The van der Waals surface area contributed by atoms with Gasteiger partial charge in [0, 0.05) is 0 Å². The fraction of sp³-hybridized carbons (Fsp3) is 0.444. The maximum atomic E-state index is 10.3. The van der Waals surface area contributed by atoms with Gasteiger partial charge in [0.1, 0.15) is 5.75 Å². The van der Waals surface area contributed by atoms with Crippen molar-refractivity contribution in [2.24, 2.45) is 0 Å². The van der Waals surface area contributed by atoms with Crippen LogP contribution >= 0.6 is 0 Å². The number of phenolic OH excluding ortho intramolecular Hbond substituents is 1. The van der Waals surface area contributed by atoms with Crippen molar-refractivity contribution >= 4 is 10.8 Å². The van der Waals surface area contributed by atoms with E-state index in [1.807, 2.05) is 6.07 Å². The van der Waals surface area contributed by atoms with Crippen LogP contribution in [-0.2, 0) is 10.8 Å². The predicted molar refractivity (Wildman–Crippen MR) is 83.0 cm³/mol. The molecule has 19 heavy (non-hydrogen) atoms. The van der Waals surface area contributed by atoms with E-state index in [-0.39, 0.29) is 10.8 Å². The molecule has 0 saturated carbocycles. The number of benzene rings is 2. The summed E-state index contributed by atoms with van der Waals surface area (Å²) in [6, 6.07) is 10.4. The molecule has 2 aromatic carbocycles. The first-order valence-electron chi connectivity index (χ1n) is 6.87. The van der Waals surface area contributed by atoms with Crippen molar-refractivity contribution in [1.82, 2.24) is 0 Å². The first-order valence-corrected chi connectivity index (χ1v) is 6.87. The number of hydrogen-bond donors (Lipinski definition) is 1. The fourth-order valence-electron chi connectivity index (χ4n) is 2.57. The zero-order valence-corrected chi connectivity index (χ0v) is 12.8. The SMILES string of the molecule is CC(C)(C)c1cc2cccc(C(C)(C)C)c2cc1O. The van der Waals surface area contributed by atoms with Gasteiger partial charge < -0.3 is 5.11 Å². The van der Waals surface area contributed by atoms with E-state index in [0.29, 0.717) is 5.75 Å². The van der Waals surface area contributed by atoms with Gasteiger partial charge in [-0.1, -0.05) is 59.7 Å². The second kappa shape index (κ2) is 4.26. The van der Waals surface area contributed by atoms with Crippen LogP contribution in [0.1, 0.15) is 52.7 Å². The van der Waals surface area contributed by atoms with Gasteiger partial charge >= 0.3 is 0 Å². The highest BCUT2D eigenvalue weighted by molar-refractivity contribution is 5.89. The molecule has 0 aliphatic carbocycles. The Morgan fingerprint density at radius 2 is 1.37 bits per heavy atom. The van der Waals surface area contributed by atoms with Gasteiger partial charge in [-0.25, -0.2) is 0 Å². The van der Waals surface area contributed by atoms with Crippen LogP contribution in [0, 0.1) is 0 Å². The molecule has 2 aromatic rings. The smallest absolute Gasteiger partial charge is 0.119 e. The molecular formula is C18H24O. The van der Waals surface area contributed by atoms with E-state index in [1.54, 1.807) is 0 Å². The van der Waals surface area contributed by atoms with Crippen LogP contribution in [0.25, 0.3) is 10.8 Å². The van der Waals surface area contributed by atoms with Crippen molar-refractivity contribution in [2.45, 2.75) is 52.4 Å². The minimum Gasteiger partial charge on any atom is -0.508 e. The maximum absolute atomic E-state index is 10.3. The van der Waals surface area contributed by atoms with Crippen LogP contribution < -0.4 is 0 Å². The predicted octanol–water partition coefficient (Wildman–Crippen LogP) is 5.14. The summed E-state index contributed by atoms with van der Waals surface area (Å²) in [4.78, 5) is 0. The van der Waals surface area contributed by atoms with Gasteiger partial charge in [-0.05, 0) is 44.9 Å². The molecule has 0 spiro atoms. The van der Waals surface area contributed by atoms with E-state index >= 15 is 0 Å². The molecule has 0 amide bonds. The average Bonchev–Trinajstić information content (AvgIpc) is 2.24. The molecule has 0 bridgehead atoms. The second-order valence-electron chi connectivity index (χ2n) is 7.40. The molecule has 0 aromatic heterocycles. The van der Waals surface area contributed by atoms with Gasteiger partial charge in [-0.15, -0.1) is 0 Å². The van der Waals surface area contributed by atoms with Crippen molar-refractivity contribution in [3.63, 3.8) is 0 Å². The van der Waals surface area contributed by atoms with Crippen LogP contribution in [0.5, 0.6) is 5.75 Å². The van der Waals surface area contributed by atoms with Crippen molar-refractivity contribution in [1.29, 1.82) is 0 Å². The summed E-state index contributed by atoms with van der Waals surface area (Å²) >= 11 is 0. The number of fused-ring (bicyclic) bond motifs is 1. The van der Waals surface area contributed by atoms with Gasteiger partial charge in [0.15, 0.2) is 0 Å². The molecule has 0 saturated heterocycles. The van der Waals surface area contributed by atoms with E-state index in [9.17, 15) is 5.11 Å². The molecule has 1 N–H and O–H groups in total. The maximum Gasteiger partial charge on any atom is 0.119 e. The standard InChI is InChI=1S/C18H24O/c1-17(2,3)14-9-7-8-12-10-15(18(4,5)6)16(19)11-13(12)14/h7-11,19H,1-6H3. The normalized spacial score (nSPS) is 12.9. The summed E-state index contributed by atoms with van der Waals surface area (Å²) in [6.07, 6.45) is 0. The van der Waals surface area contributed by atoms with E-state index in [2.05, 4.69) is 65.8 Å². The number of phenols is 1. The van der Waals surface area contributed by atoms with Crippen molar-refractivity contribution < 1.29 is 5.11 Å². The summed E-state index contributed by atoms with van der Waals surface area (Å²) < 4.78 is 0. The monoisotopic (exact) mass is 256 g/mol. The third-order valence-corrected chi connectivity index (χ3v) is 3.61.